The van der Waals surface area contributed by atoms with Crippen LogP contribution in [-0.2, 0) is 0 Å². The van der Waals surface area contributed by atoms with E-state index >= 15 is 0 Å². The SMILES string of the molecule is C.C.C.C.C.C.C.NCCCCCN. The number of unbranched alkanes of at least 4 members (excludes halogenated alkanes) is 2. The van der Waals surface area contributed by atoms with Crippen molar-refractivity contribution in [3.8, 4) is 0 Å². The fraction of sp³-hybridized carbons (Fsp3) is 1.00. The van der Waals surface area contributed by atoms with Crippen LogP contribution < -0.4 is 11.5 Å². The van der Waals surface area contributed by atoms with Crippen LogP contribution in [0.25, 0.3) is 0 Å². The molecular formula is C12H42N2. The van der Waals surface area contributed by atoms with Crippen LogP contribution in [0.5, 0.6) is 0 Å². The highest BCUT2D eigenvalue weighted by atomic mass is 14.5. The molecular weight excluding hydrogens is 172 g/mol. The van der Waals surface area contributed by atoms with E-state index in [9.17, 15) is 0 Å². The topological polar surface area (TPSA) is 52.0 Å². The molecule has 0 aliphatic rings. The zero-order valence-electron chi connectivity index (χ0n) is 4.69. The molecule has 0 aromatic rings. The molecule has 0 rings (SSSR count). The van der Waals surface area contributed by atoms with Crippen molar-refractivity contribution in [2.24, 2.45) is 11.5 Å². The van der Waals surface area contributed by atoms with E-state index < -0.39 is 0 Å². The minimum Gasteiger partial charge on any atom is -0.330 e. The molecule has 0 aromatic carbocycles. The van der Waals surface area contributed by atoms with Crippen molar-refractivity contribution in [2.45, 2.75) is 71.2 Å². The Kier molecular flexibility index (Phi) is 359. The summed E-state index contributed by atoms with van der Waals surface area (Å²) in [7, 11) is 0. The predicted molar refractivity (Wildman–Crippen MR) is 79.1 cm³/mol. The van der Waals surface area contributed by atoms with Gasteiger partial charge < -0.3 is 11.5 Å². The van der Waals surface area contributed by atoms with Crippen LogP contribution in [0.4, 0.5) is 0 Å². The van der Waals surface area contributed by atoms with Crippen molar-refractivity contribution < 1.29 is 0 Å². The summed E-state index contributed by atoms with van der Waals surface area (Å²) >= 11 is 0. The Morgan fingerprint density at radius 1 is 0.429 bits per heavy atom. The minimum absolute atomic E-state index is 0. The maximum atomic E-state index is 5.23. The van der Waals surface area contributed by atoms with Gasteiger partial charge in [-0.1, -0.05) is 58.4 Å². The van der Waals surface area contributed by atoms with Gasteiger partial charge in [0.05, 0.1) is 0 Å². The highest BCUT2D eigenvalue weighted by Gasteiger charge is 1.80. The smallest absolute Gasteiger partial charge is 0.00773 e. The third-order valence-electron chi connectivity index (χ3n) is 0.908. The van der Waals surface area contributed by atoms with Crippen LogP contribution >= 0.6 is 0 Å². The summed E-state index contributed by atoms with van der Waals surface area (Å²) < 4.78 is 0. The van der Waals surface area contributed by atoms with Crippen LogP contribution in [0.1, 0.15) is 71.2 Å². The summed E-state index contributed by atoms with van der Waals surface area (Å²) in [6, 6.07) is 0. The standard InChI is InChI=1S/C5H14N2.7CH4/c6-4-2-1-3-5-7;;;;;;;/h1-7H2;7*1H4. The Balaban J connectivity index is -0.00000000857. The van der Waals surface area contributed by atoms with Crippen LogP contribution in [0.15, 0.2) is 0 Å². The number of hydrogen-bond donors (Lipinski definition) is 2. The lowest BCUT2D eigenvalue weighted by molar-refractivity contribution is 0.695. The van der Waals surface area contributed by atoms with Crippen LogP contribution in [-0.4, -0.2) is 13.1 Å². The van der Waals surface area contributed by atoms with Gasteiger partial charge in [-0.25, -0.2) is 0 Å². The summed E-state index contributed by atoms with van der Waals surface area (Å²) in [5.74, 6) is 0. The second-order valence-electron chi connectivity index (χ2n) is 1.64. The Hall–Kier alpha value is -0.0800. The van der Waals surface area contributed by atoms with Gasteiger partial charge in [0.15, 0.2) is 0 Å². The van der Waals surface area contributed by atoms with Gasteiger partial charge in [-0.2, -0.15) is 0 Å². The summed E-state index contributed by atoms with van der Waals surface area (Å²) in [5.41, 5.74) is 10.5. The molecule has 0 aromatic heterocycles. The molecule has 0 unspecified atom stereocenters. The number of hydrogen-bond acceptors (Lipinski definition) is 2. The fourth-order valence-electron chi connectivity index (χ4n) is 0.465. The van der Waals surface area contributed by atoms with Crippen molar-refractivity contribution in [1.29, 1.82) is 0 Å². The first-order chi connectivity index (χ1) is 3.41. The molecule has 0 aliphatic heterocycles. The Bertz CT molecular complexity index is 27.5. The first kappa shape index (κ1) is 66.3. The van der Waals surface area contributed by atoms with Crippen molar-refractivity contribution >= 4 is 0 Å². The lowest BCUT2D eigenvalue weighted by atomic mass is 10.2. The van der Waals surface area contributed by atoms with E-state index in [4.69, 9.17) is 11.5 Å². The van der Waals surface area contributed by atoms with E-state index in [0.29, 0.717) is 0 Å². The van der Waals surface area contributed by atoms with Gasteiger partial charge in [-0.05, 0) is 25.9 Å². The molecule has 0 aliphatic carbocycles. The molecule has 0 heterocycles. The summed E-state index contributed by atoms with van der Waals surface area (Å²) in [5, 5.41) is 0. The quantitative estimate of drug-likeness (QED) is 0.676. The summed E-state index contributed by atoms with van der Waals surface area (Å²) in [6.45, 7) is 1.61. The molecule has 0 saturated heterocycles. The first-order valence-corrected chi connectivity index (χ1v) is 2.82. The summed E-state index contributed by atoms with van der Waals surface area (Å²) in [4.78, 5) is 0. The Morgan fingerprint density at radius 2 is 0.643 bits per heavy atom. The summed E-state index contributed by atoms with van der Waals surface area (Å²) in [6.07, 6.45) is 3.43. The molecule has 0 radical (unpaired) electrons. The second-order valence-corrected chi connectivity index (χ2v) is 1.64. The molecule has 0 amide bonds. The Morgan fingerprint density at radius 3 is 0.786 bits per heavy atom. The molecule has 0 atom stereocenters. The van der Waals surface area contributed by atoms with E-state index in [0.717, 1.165) is 25.9 Å². The van der Waals surface area contributed by atoms with Gasteiger partial charge in [-0.3, -0.25) is 0 Å². The lowest BCUT2D eigenvalue weighted by Gasteiger charge is -1.91. The van der Waals surface area contributed by atoms with Crippen LogP contribution in [0.2, 0.25) is 0 Å². The zero-order valence-corrected chi connectivity index (χ0v) is 4.69. The van der Waals surface area contributed by atoms with E-state index in [1.54, 1.807) is 0 Å². The third kappa shape index (κ3) is 92.5. The van der Waals surface area contributed by atoms with Gasteiger partial charge >= 0.3 is 0 Å². The van der Waals surface area contributed by atoms with Gasteiger partial charge in [0.1, 0.15) is 0 Å². The van der Waals surface area contributed by atoms with Crippen molar-refractivity contribution in [1.82, 2.24) is 0 Å². The highest BCUT2D eigenvalue weighted by Crippen LogP contribution is 1.88. The van der Waals surface area contributed by atoms with Crippen molar-refractivity contribution in [3.63, 3.8) is 0 Å². The molecule has 0 fully saturated rings. The van der Waals surface area contributed by atoms with Gasteiger partial charge in [0, 0.05) is 0 Å². The highest BCUT2D eigenvalue weighted by molar-refractivity contribution is 4.41. The third-order valence-corrected chi connectivity index (χ3v) is 0.908. The van der Waals surface area contributed by atoms with Crippen LogP contribution in [0, 0.1) is 0 Å². The van der Waals surface area contributed by atoms with Gasteiger partial charge in [0.2, 0.25) is 0 Å². The molecule has 4 N–H and O–H groups in total. The number of nitrogens with two attached hydrogens (primary N) is 2. The molecule has 100 valence electrons. The van der Waals surface area contributed by atoms with E-state index in [-0.39, 0.29) is 52.0 Å². The van der Waals surface area contributed by atoms with E-state index in [2.05, 4.69) is 0 Å². The average Bonchev–Trinajstić information content (AvgIpc) is 1.69. The molecule has 0 bridgehead atoms. The Labute approximate surface area is 96.5 Å². The lowest BCUT2D eigenvalue weighted by Crippen LogP contribution is -2.02. The largest absolute Gasteiger partial charge is 0.330 e. The van der Waals surface area contributed by atoms with Crippen molar-refractivity contribution in [3.05, 3.63) is 0 Å². The number of rotatable bonds is 4. The van der Waals surface area contributed by atoms with Gasteiger partial charge in [-0.15, -0.1) is 0 Å². The average molecular weight is 214 g/mol. The first-order valence-electron chi connectivity index (χ1n) is 2.82. The normalized spacial score (nSPS) is 4.71. The van der Waals surface area contributed by atoms with Gasteiger partial charge in [0.25, 0.3) is 0 Å². The maximum Gasteiger partial charge on any atom is -0.00773 e. The molecule has 0 saturated carbocycles. The zero-order chi connectivity index (χ0) is 5.54. The van der Waals surface area contributed by atoms with E-state index in [1.165, 1.54) is 6.42 Å². The van der Waals surface area contributed by atoms with Crippen molar-refractivity contribution in [2.75, 3.05) is 13.1 Å². The monoisotopic (exact) mass is 214 g/mol. The van der Waals surface area contributed by atoms with Crippen LogP contribution in [0.3, 0.4) is 0 Å². The molecule has 2 heteroatoms. The predicted octanol–water partition coefficient (Wildman–Crippen LogP) is 4.53. The fourth-order valence-corrected chi connectivity index (χ4v) is 0.465. The molecule has 14 heavy (non-hydrogen) atoms. The van der Waals surface area contributed by atoms with E-state index in [1.807, 2.05) is 0 Å². The molecule has 2 nitrogen and oxygen atoms in total. The molecule has 0 spiro atoms. The maximum absolute atomic E-state index is 5.23. The second kappa shape index (κ2) is 75.8. The minimum atomic E-state index is 0.